The zero-order valence-corrected chi connectivity index (χ0v) is 11.3. The van der Waals surface area contributed by atoms with Gasteiger partial charge in [-0.2, -0.15) is 0 Å². The molecule has 1 fully saturated rings. The van der Waals surface area contributed by atoms with Gasteiger partial charge in [-0.3, -0.25) is 0 Å². The molecule has 0 aliphatic carbocycles. The van der Waals surface area contributed by atoms with Crippen molar-refractivity contribution in [1.29, 1.82) is 0 Å². The van der Waals surface area contributed by atoms with Crippen LogP contribution in [0.25, 0.3) is 11.3 Å². The maximum absolute atomic E-state index is 4.73. The van der Waals surface area contributed by atoms with Crippen molar-refractivity contribution < 1.29 is 0 Å². The maximum Gasteiger partial charge on any atom is 0.0989 e. The second kappa shape index (κ2) is 4.80. The lowest BCUT2D eigenvalue weighted by Crippen LogP contribution is -2.39. The molecule has 2 aromatic rings. The van der Waals surface area contributed by atoms with Crippen LogP contribution in [0, 0.1) is 0 Å². The van der Waals surface area contributed by atoms with Crippen molar-refractivity contribution in [3.63, 3.8) is 0 Å². The van der Waals surface area contributed by atoms with Crippen molar-refractivity contribution in [2.45, 2.75) is 10.8 Å². The van der Waals surface area contributed by atoms with Gasteiger partial charge in [0.15, 0.2) is 0 Å². The highest BCUT2D eigenvalue weighted by Gasteiger charge is 2.22. The quantitative estimate of drug-likeness (QED) is 0.860. The third kappa shape index (κ3) is 2.25. The predicted molar refractivity (Wildman–Crippen MR) is 74.9 cm³/mol. The zero-order chi connectivity index (χ0) is 11.7. The van der Waals surface area contributed by atoms with Crippen molar-refractivity contribution in [3.8, 4) is 11.3 Å². The van der Waals surface area contributed by atoms with E-state index in [4.69, 9.17) is 4.98 Å². The summed E-state index contributed by atoms with van der Waals surface area (Å²) >= 11 is 3.55. The number of nitrogens with one attached hydrogen (secondary N) is 1. The van der Waals surface area contributed by atoms with E-state index in [9.17, 15) is 0 Å². The molecular weight excluding hydrogens is 248 g/mol. The molecule has 0 radical (unpaired) electrons. The third-order valence-corrected chi connectivity index (χ3v) is 4.79. The smallest absolute Gasteiger partial charge is 0.0989 e. The molecule has 0 amide bonds. The van der Waals surface area contributed by atoms with Crippen LogP contribution in [0.4, 0.5) is 0 Å². The summed E-state index contributed by atoms with van der Waals surface area (Å²) in [4.78, 5) is 6.03. The fourth-order valence-electron chi connectivity index (χ4n) is 1.83. The minimum absolute atomic E-state index is 0.638. The van der Waals surface area contributed by atoms with Crippen LogP contribution < -0.4 is 5.32 Å². The molecule has 1 aliphatic heterocycles. The summed E-state index contributed by atoms with van der Waals surface area (Å²) < 4.78 is 0. The molecule has 1 aromatic carbocycles. The van der Waals surface area contributed by atoms with E-state index in [-0.39, 0.29) is 0 Å². The Labute approximate surface area is 109 Å². The monoisotopic (exact) mass is 262 g/mol. The number of nitrogens with zero attached hydrogens (tertiary/aromatic N) is 1. The van der Waals surface area contributed by atoms with Crippen LogP contribution in [0.3, 0.4) is 0 Å². The number of rotatable bonds is 3. The fourth-order valence-corrected chi connectivity index (χ4v) is 3.17. The second-order valence-corrected chi connectivity index (χ2v) is 5.92. The van der Waals surface area contributed by atoms with Crippen LogP contribution >= 0.6 is 23.1 Å². The van der Waals surface area contributed by atoms with E-state index in [0.29, 0.717) is 5.92 Å². The molecular formula is C13H14N2S2. The Balaban J connectivity index is 1.84. The molecule has 2 heterocycles. The summed E-state index contributed by atoms with van der Waals surface area (Å²) in [5, 5.41) is 6.73. The van der Waals surface area contributed by atoms with Gasteiger partial charge in [-0.1, -0.05) is 12.1 Å². The average molecular weight is 262 g/mol. The van der Waals surface area contributed by atoms with Gasteiger partial charge in [0.1, 0.15) is 0 Å². The maximum atomic E-state index is 4.73. The van der Waals surface area contributed by atoms with E-state index in [1.807, 2.05) is 0 Å². The molecule has 4 heteroatoms. The first-order valence-electron chi connectivity index (χ1n) is 5.67. The van der Waals surface area contributed by atoms with Gasteiger partial charge in [-0.05, 0) is 18.4 Å². The molecule has 3 rings (SSSR count). The summed E-state index contributed by atoms with van der Waals surface area (Å²) in [6, 6.07) is 8.63. The van der Waals surface area contributed by atoms with Crippen molar-refractivity contribution in [2.75, 3.05) is 19.3 Å². The number of aromatic nitrogens is 1. The second-order valence-electron chi connectivity index (χ2n) is 4.15. The molecule has 2 nitrogen and oxygen atoms in total. The first kappa shape index (κ1) is 11.3. The average Bonchev–Trinajstić information content (AvgIpc) is 2.76. The zero-order valence-electron chi connectivity index (χ0n) is 9.64. The SMILES string of the molecule is CSc1ccc(-c2csc(C3CNC3)n2)cc1. The highest BCUT2D eigenvalue weighted by atomic mass is 32.2. The number of hydrogen-bond acceptors (Lipinski definition) is 4. The van der Waals surface area contributed by atoms with E-state index < -0.39 is 0 Å². The Kier molecular flexibility index (Phi) is 3.18. The topological polar surface area (TPSA) is 24.9 Å². The number of benzene rings is 1. The summed E-state index contributed by atoms with van der Waals surface area (Å²) in [6.45, 7) is 2.16. The fraction of sp³-hybridized carbons (Fsp3) is 0.308. The Morgan fingerprint density at radius 2 is 2.06 bits per heavy atom. The molecule has 1 aliphatic rings. The molecule has 88 valence electrons. The highest BCUT2D eigenvalue weighted by Crippen LogP contribution is 2.29. The standard InChI is InChI=1S/C13H14N2S2/c1-16-11-4-2-9(3-5-11)12-8-17-13(15-12)10-6-14-7-10/h2-5,8,10,14H,6-7H2,1H3. The van der Waals surface area contributed by atoms with E-state index in [1.165, 1.54) is 15.5 Å². The van der Waals surface area contributed by atoms with Gasteiger partial charge in [0.25, 0.3) is 0 Å². The van der Waals surface area contributed by atoms with Crippen LogP contribution in [0.5, 0.6) is 0 Å². The predicted octanol–water partition coefficient (Wildman–Crippen LogP) is 3.22. The Morgan fingerprint density at radius 1 is 1.29 bits per heavy atom. The van der Waals surface area contributed by atoms with Gasteiger partial charge in [0.05, 0.1) is 10.7 Å². The minimum atomic E-state index is 0.638. The lowest BCUT2D eigenvalue weighted by Gasteiger charge is -2.24. The Hall–Kier alpha value is -0.840. The molecule has 0 atom stereocenters. The van der Waals surface area contributed by atoms with Crippen LogP contribution in [0.1, 0.15) is 10.9 Å². The van der Waals surface area contributed by atoms with Crippen LogP contribution in [0.2, 0.25) is 0 Å². The molecule has 17 heavy (non-hydrogen) atoms. The van der Waals surface area contributed by atoms with Crippen molar-refractivity contribution >= 4 is 23.1 Å². The molecule has 0 spiro atoms. The van der Waals surface area contributed by atoms with E-state index in [2.05, 4.69) is 41.2 Å². The third-order valence-electron chi connectivity index (χ3n) is 3.04. The molecule has 0 unspecified atom stereocenters. The minimum Gasteiger partial charge on any atom is -0.315 e. The van der Waals surface area contributed by atoms with Gasteiger partial charge < -0.3 is 5.32 Å². The van der Waals surface area contributed by atoms with Crippen LogP contribution in [-0.4, -0.2) is 24.3 Å². The molecule has 0 bridgehead atoms. The number of thiazole rings is 1. The van der Waals surface area contributed by atoms with Crippen molar-refractivity contribution in [3.05, 3.63) is 34.7 Å². The van der Waals surface area contributed by atoms with E-state index >= 15 is 0 Å². The number of thioether (sulfide) groups is 1. The van der Waals surface area contributed by atoms with Gasteiger partial charge >= 0.3 is 0 Å². The van der Waals surface area contributed by atoms with E-state index in [1.54, 1.807) is 23.1 Å². The number of hydrogen-bond donors (Lipinski definition) is 1. The Morgan fingerprint density at radius 3 is 2.65 bits per heavy atom. The molecule has 1 aromatic heterocycles. The van der Waals surface area contributed by atoms with Crippen molar-refractivity contribution in [1.82, 2.24) is 10.3 Å². The normalized spacial score (nSPS) is 15.8. The van der Waals surface area contributed by atoms with Gasteiger partial charge in [-0.25, -0.2) is 4.98 Å². The van der Waals surface area contributed by atoms with Crippen molar-refractivity contribution in [2.24, 2.45) is 0 Å². The van der Waals surface area contributed by atoms with Gasteiger partial charge in [-0.15, -0.1) is 23.1 Å². The van der Waals surface area contributed by atoms with Gasteiger partial charge in [0.2, 0.25) is 0 Å². The lowest BCUT2D eigenvalue weighted by molar-refractivity contribution is 0.447. The first-order valence-corrected chi connectivity index (χ1v) is 7.78. The lowest BCUT2D eigenvalue weighted by atomic mass is 10.1. The first-order chi connectivity index (χ1) is 8.36. The van der Waals surface area contributed by atoms with E-state index in [0.717, 1.165) is 18.8 Å². The Bertz CT molecular complexity index is 500. The molecule has 0 saturated carbocycles. The largest absolute Gasteiger partial charge is 0.315 e. The molecule has 1 saturated heterocycles. The molecule has 1 N–H and O–H groups in total. The summed E-state index contributed by atoms with van der Waals surface area (Å²) in [7, 11) is 0. The summed E-state index contributed by atoms with van der Waals surface area (Å²) in [5.74, 6) is 0.638. The highest BCUT2D eigenvalue weighted by molar-refractivity contribution is 7.98. The summed E-state index contributed by atoms with van der Waals surface area (Å²) in [6.07, 6.45) is 2.10. The summed E-state index contributed by atoms with van der Waals surface area (Å²) in [5.41, 5.74) is 2.34. The van der Waals surface area contributed by atoms with Crippen LogP contribution in [0.15, 0.2) is 34.5 Å². The van der Waals surface area contributed by atoms with Crippen LogP contribution in [-0.2, 0) is 0 Å². The van der Waals surface area contributed by atoms with Gasteiger partial charge in [0, 0.05) is 34.8 Å².